The van der Waals surface area contributed by atoms with Gasteiger partial charge in [0.2, 0.25) is 5.91 Å². The quantitative estimate of drug-likeness (QED) is 0.642. The highest BCUT2D eigenvalue weighted by Gasteiger charge is 2.08. The number of rotatable bonds is 10. The van der Waals surface area contributed by atoms with Crippen LogP contribution in [-0.4, -0.2) is 32.2 Å². The highest BCUT2D eigenvalue weighted by Crippen LogP contribution is 2.29. The van der Waals surface area contributed by atoms with Gasteiger partial charge in [-0.15, -0.1) is 0 Å². The third kappa shape index (κ3) is 7.67. The molecule has 0 aliphatic rings. The summed E-state index contributed by atoms with van der Waals surface area (Å²) in [5.41, 5.74) is 0.454. The third-order valence-corrected chi connectivity index (χ3v) is 3.43. The number of hydrogen-bond acceptors (Lipinski definition) is 3. The molecule has 1 amide bonds. The Labute approximate surface area is 136 Å². The average Bonchev–Trinajstić information content (AvgIpc) is 2.46. The zero-order valence-corrected chi connectivity index (χ0v) is 13.8. The normalized spacial score (nSPS) is 10.6. The van der Waals surface area contributed by atoms with Crippen LogP contribution in [0.4, 0.5) is 5.69 Å². The van der Waals surface area contributed by atoms with Crippen molar-refractivity contribution in [1.82, 2.24) is 5.32 Å². The van der Waals surface area contributed by atoms with Gasteiger partial charge in [-0.25, -0.2) is 0 Å². The molecule has 6 heteroatoms. The molecule has 1 aromatic rings. The highest BCUT2D eigenvalue weighted by atomic mass is 35.5. The van der Waals surface area contributed by atoms with Gasteiger partial charge in [-0.1, -0.05) is 42.6 Å². The lowest BCUT2D eigenvalue weighted by Crippen LogP contribution is -2.29. The number of nitrogens with one attached hydrogen (secondary N) is 2. The van der Waals surface area contributed by atoms with E-state index in [2.05, 4.69) is 17.6 Å². The maximum Gasteiger partial charge on any atom is 0.238 e. The van der Waals surface area contributed by atoms with Gasteiger partial charge >= 0.3 is 0 Å². The molecule has 2 N–H and O–H groups in total. The highest BCUT2D eigenvalue weighted by molar-refractivity contribution is 6.39. The number of unbranched alkanes of at least 4 members (excludes halogenated alkanes) is 1. The van der Waals surface area contributed by atoms with E-state index in [-0.39, 0.29) is 12.5 Å². The molecule has 0 heterocycles. The summed E-state index contributed by atoms with van der Waals surface area (Å²) >= 11 is 12.0. The summed E-state index contributed by atoms with van der Waals surface area (Å²) in [5.74, 6) is -0.170. The lowest BCUT2D eigenvalue weighted by Gasteiger charge is -2.10. The summed E-state index contributed by atoms with van der Waals surface area (Å²) in [7, 11) is 0. The maximum absolute atomic E-state index is 11.8. The van der Waals surface area contributed by atoms with Gasteiger partial charge in [-0.05, 0) is 31.5 Å². The summed E-state index contributed by atoms with van der Waals surface area (Å²) in [6.45, 7) is 4.61. The molecule has 1 aromatic carbocycles. The molecule has 1 rings (SSSR count). The Morgan fingerprint density at radius 1 is 1.19 bits per heavy atom. The number of ether oxygens (including phenoxy) is 1. The number of carbonyl (C=O) groups is 1. The minimum absolute atomic E-state index is 0.170. The van der Waals surface area contributed by atoms with Crippen LogP contribution in [0.3, 0.4) is 0 Å². The molecule has 0 fully saturated rings. The monoisotopic (exact) mass is 332 g/mol. The lowest BCUT2D eigenvalue weighted by atomic mass is 10.3. The largest absolute Gasteiger partial charge is 0.381 e. The second-order valence-electron chi connectivity index (χ2n) is 4.64. The van der Waals surface area contributed by atoms with Gasteiger partial charge in [-0.3, -0.25) is 4.79 Å². The minimum atomic E-state index is -0.170. The molecular formula is C15H22Cl2N2O2. The van der Waals surface area contributed by atoms with Crippen molar-refractivity contribution in [3.63, 3.8) is 0 Å². The van der Waals surface area contributed by atoms with Crippen LogP contribution in [0, 0.1) is 0 Å². The van der Waals surface area contributed by atoms with Gasteiger partial charge in [0.25, 0.3) is 0 Å². The predicted octanol–water partition coefficient (Wildman–Crippen LogP) is 3.73. The number of carbonyl (C=O) groups excluding carboxylic acids is 1. The topological polar surface area (TPSA) is 50.4 Å². The van der Waals surface area contributed by atoms with Crippen LogP contribution in [0.15, 0.2) is 18.2 Å². The van der Waals surface area contributed by atoms with Crippen molar-refractivity contribution in [2.45, 2.75) is 26.2 Å². The lowest BCUT2D eigenvalue weighted by molar-refractivity contribution is -0.115. The summed E-state index contributed by atoms with van der Waals surface area (Å²) in [4.78, 5) is 11.8. The predicted molar refractivity (Wildman–Crippen MR) is 88.3 cm³/mol. The first-order valence-electron chi connectivity index (χ1n) is 7.17. The van der Waals surface area contributed by atoms with Crippen LogP contribution in [0.5, 0.6) is 0 Å². The van der Waals surface area contributed by atoms with Crippen molar-refractivity contribution in [2.75, 3.05) is 31.6 Å². The molecule has 0 unspecified atom stereocenters. The molecule has 21 heavy (non-hydrogen) atoms. The first-order chi connectivity index (χ1) is 10.1. The minimum Gasteiger partial charge on any atom is -0.381 e. The van der Waals surface area contributed by atoms with E-state index in [4.69, 9.17) is 27.9 Å². The van der Waals surface area contributed by atoms with E-state index in [0.29, 0.717) is 22.3 Å². The maximum atomic E-state index is 11.8. The van der Waals surface area contributed by atoms with Gasteiger partial charge in [-0.2, -0.15) is 0 Å². The van der Waals surface area contributed by atoms with E-state index in [0.717, 1.165) is 32.4 Å². The van der Waals surface area contributed by atoms with E-state index in [9.17, 15) is 4.79 Å². The first kappa shape index (κ1) is 18.2. The Balaban J connectivity index is 2.14. The molecule has 0 aliphatic carbocycles. The first-order valence-corrected chi connectivity index (χ1v) is 7.93. The Kier molecular flexibility index (Phi) is 9.42. The van der Waals surface area contributed by atoms with Crippen molar-refractivity contribution in [3.8, 4) is 0 Å². The number of benzene rings is 1. The van der Waals surface area contributed by atoms with Crippen molar-refractivity contribution >= 4 is 34.8 Å². The molecule has 0 spiro atoms. The zero-order valence-electron chi connectivity index (χ0n) is 12.3. The number of amides is 1. The zero-order chi connectivity index (χ0) is 15.5. The standard InChI is InChI=1S/C15H22Cl2N2O2/c1-2-3-9-21-10-5-8-18-11-14(20)19-15-12(16)6-4-7-13(15)17/h4,6-7,18H,2-3,5,8-11H2,1H3,(H,19,20). The van der Waals surface area contributed by atoms with E-state index < -0.39 is 0 Å². The van der Waals surface area contributed by atoms with Gasteiger partial charge in [0, 0.05) is 13.2 Å². The fourth-order valence-corrected chi connectivity index (χ4v) is 2.14. The molecule has 0 saturated heterocycles. The van der Waals surface area contributed by atoms with Crippen molar-refractivity contribution < 1.29 is 9.53 Å². The average molecular weight is 333 g/mol. The Morgan fingerprint density at radius 3 is 2.52 bits per heavy atom. The Morgan fingerprint density at radius 2 is 1.86 bits per heavy atom. The molecule has 0 aromatic heterocycles. The van der Waals surface area contributed by atoms with E-state index >= 15 is 0 Å². The van der Waals surface area contributed by atoms with Crippen molar-refractivity contribution in [3.05, 3.63) is 28.2 Å². The van der Waals surface area contributed by atoms with Crippen LogP contribution >= 0.6 is 23.2 Å². The molecule has 0 aliphatic heterocycles. The van der Waals surface area contributed by atoms with Crippen LogP contribution in [0.1, 0.15) is 26.2 Å². The molecular weight excluding hydrogens is 311 g/mol. The molecule has 118 valence electrons. The summed E-state index contributed by atoms with van der Waals surface area (Å²) < 4.78 is 5.43. The van der Waals surface area contributed by atoms with Crippen LogP contribution in [-0.2, 0) is 9.53 Å². The number of para-hydroxylation sites is 1. The van der Waals surface area contributed by atoms with Crippen LogP contribution in [0.2, 0.25) is 10.0 Å². The fourth-order valence-electron chi connectivity index (χ4n) is 1.65. The van der Waals surface area contributed by atoms with Crippen molar-refractivity contribution in [2.24, 2.45) is 0 Å². The fraction of sp³-hybridized carbons (Fsp3) is 0.533. The SMILES string of the molecule is CCCCOCCCNCC(=O)Nc1c(Cl)cccc1Cl. The van der Waals surface area contributed by atoms with E-state index in [1.165, 1.54) is 0 Å². The van der Waals surface area contributed by atoms with E-state index in [1.54, 1.807) is 18.2 Å². The summed E-state index contributed by atoms with van der Waals surface area (Å²) in [6, 6.07) is 5.10. The van der Waals surface area contributed by atoms with Crippen molar-refractivity contribution in [1.29, 1.82) is 0 Å². The van der Waals surface area contributed by atoms with Gasteiger partial charge in [0.1, 0.15) is 0 Å². The number of hydrogen-bond donors (Lipinski definition) is 2. The van der Waals surface area contributed by atoms with Gasteiger partial charge < -0.3 is 15.4 Å². The molecule has 4 nitrogen and oxygen atoms in total. The summed E-state index contributed by atoms with van der Waals surface area (Å²) in [6.07, 6.45) is 3.11. The Hall–Kier alpha value is -0.810. The molecule has 0 atom stereocenters. The molecule has 0 bridgehead atoms. The second-order valence-corrected chi connectivity index (χ2v) is 5.46. The van der Waals surface area contributed by atoms with E-state index in [1.807, 2.05) is 0 Å². The van der Waals surface area contributed by atoms with Gasteiger partial charge in [0.15, 0.2) is 0 Å². The number of halogens is 2. The second kappa shape index (κ2) is 10.9. The third-order valence-electron chi connectivity index (χ3n) is 2.80. The van der Waals surface area contributed by atoms with Crippen LogP contribution in [0.25, 0.3) is 0 Å². The Bertz CT molecular complexity index is 421. The molecule has 0 radical (unpaired) electrons. The van der Waals surface area contributed by atoms with Gasteiger partial charge in [0.05, 0.1) is 22.3 Å². The number of anilines is 1. The molecule has 0 saturated carbocycles. The smallest absolute Gasteiger partial charge is 0.238 e. The summed E-state index contributed by atoms with van der Waals surface area (Å²) in [5, 5.41) is 6.62. The van der Waals surface area contributed by atoms with Crippen LogP contribution < -0.4 is 10.6 Å².